The number of piperazine rings is 1. The third kappa shape index (κ3) is 3.36. The van der Waals surface area contributed by atoms with Gasteiger partial charge in [-0.25, -0.2) is 4.39 Å². The first kappa shape index (κ1) is 15.6. The Labute approximate surface area is 134 Å². The van der Waals surface area contributed by atoms with E-state index in [-0.39, 0.29) is 16.8 Å². The van der Waals surface area contributed by atoms with Crippen LogP contribution in [0.15, 0.2) is 18.2 Å². The highest BCUT2D eigenvalue weighted by atomic mass is 35.5. The third-order valence-corrected chi connectivity index (χ3v) is 4.72. The summed E-state index contributed by atoms with van der Waals surface area (Å²) >= 11 is 5.84. The molecule has 1 aromatic carbocycles. The van der Waals surface area contributed by atoms with Crippen molar-refractivity contribution in [2.75, 3.05) is 44.3 Å². The Morgan fingerprint density at radius 2 is 1.86 bits per heavy atom. The van der Waals surface area contributed by atoms with Gasteiger partial charge >= 0.3 is 0 Å². The molecular weight excluding hydrogens is 307 g/mol. The summed E-state index contributed by atoms with van der Waals surface area (Å²) in [5.41, 5.74) is 0.907. The first-order valence-corrected chi connectivity index (χ1v) is 8.09. The van der Waals surface area contributed by atoms with Crippen LogP contribution in [0.1, 0.15) is 12.8 Å². The van der Waals surface area contributed by atoms with Gasteiger partial charge in [-0.2, -0.15) is 0 Å². The van der Waals surface area contributed by atoms with Gasteiger partial charge in [-0.05, 0) is 31.0 Å². The van der Waals surface area contributed by atoms with Crippen LogP contribution in [-0.4, -0.2) is 50.2 Å². The van der Waals surface area contributed by atoms with Crippen LogP contribution in [0, 0.1) is 11.7 Å². The number of carbonyl (C=O) groups is 1. The molecule has 120 valence electrons. The van der Waals surface area contributed by atoms with Gasteiger partial charge in [0.1, 0.15) is 5.82 Å². The summed E-state index contributed by atoms with van der Waals surface area (Å²) in [6, 6.07) is 4.77. The van der Waals surface area contributed by atoms with Crippen LogP contribution in [-0.2, 0) is 9.53 Å². The zero-order chi connectivity index (χ0) is 15.5. The molecule has 3 rings (SSSR count). The molecule has 2 fully saturated rings. The smallest absolute Gasteiger partial charge is 0.225 e. The van der Waals surface area contributed by atoms with Crippen LogP contribution < -0.4 is 4.90 Å². The Morgan fingerprint density at radius 1 is 1.18 bits per heavy atom. The predicted octanol–water partition coefficient (Wildman–Crippen LogP) is 2.55. The first-order chi connectivity index (χ1) is 10.6. The molecule has 0 atom stereocenters. The minimum absolute atomic E-state index is 0.112. The van der Waals surface area contributed by atoms with E-state index in [1.807, 2.05) is 4.90 Å². The maximum absolute atomic E-state index is 13.2. The number of carbonyl (C=O) groups excluding carboxylic acids is 1. The second kappa shape index (κ2) is 6.84. The largest absolute Gasteiger partial charge is 0.381 e. The van der Waals surface area contributed by atoms with E-state index in [1.165, 1.54) is 6.07 Å². The molecular formula is C16H20ClFN2O2. The fourth-order valence-corrected chi connectivity index (χ4v) is 3.24. The Hall–Kier alpha value is -1.33. The van der Waals surface area contributed by atoms with Crippen LogP contribution in [0.5, 0.6) is 0 Å². The van der Waals surface area contributed by atoms with E-state index in [4.69, 9.17) is 16.3 Å². The molecule has 0 aliphatic carbocycles. The number of ether oxygens (including phenoxy) is 1. The minimum Gasteiger partial charge on any atom is -0.381 e. The van der Waals surface area contributed by atoms with Gasteiger partial charge in [-0.3, -0.25) is 4.79 Å². The Bertz CT molecular complexity index is 541. The highest BCUT2D eigenvalue weighted by Crippen LogP contribution is 2.24. The summed E-state index contributed by atoms with van der Waals surface area (Å²) in [5, 5.41) is 0.137. The number of anilines is 1. The van der Waals surface area contributed by atoms with Crippen molar-refractivity contribution in [2.45, 2.75) is 12.8 Å². The molecule has 0 bridgehead atoms. The standard InChI is InChI=1S/C16H20ClFN2O2/c17-14-11-13(1-2-15(14)18)19-5-7-20(8-6-19)16(21)12-3-9-22-10-4-12/h1-2,11-12H,3-10H2. The Balaban J connectivity index is 1.57. The van der Waals surface area contributed by atoms with Gasteiger partial charge in [0, 0.05) is 51.0 Å². The SMILES string of the molecule is O=C(C1CCOCC1)N1CCN(c2ccc(F)c(Cl)c2)CC1. The van der Waals surface area contributed by atoms with Crippen LogP contribution in [0.4, 0.5) is 10.1 Å². The molecule has 2 heterocycles. The quantitative estimate of drug-likeness (QED) is 0.837. The van der Waals surface area contributed by atoms with Gasteiger partial charge in [-0.1, -0.05) is 11.6 Å². The molecule has 1 amide bonds. The maximum atomic E-state index is 13.2. The van der Waals surface area contributed by atoms with Crippen LogP contribution in [0.3, 0.4) is 0 Å². The highest BCUT2D eigenvalue weighted by Gasteiger charge is 2.28. The number of nitrogens with zero attached hydrogens (tertiary/aromatic N) is 2. The number of halogens is 2. The molecule has 22 heavy (non-hydrogen) atoms. The van der Waals surface area contributed by atoms with Crippen molar-refractivity contribution in [2.24, 2.45) is 5.92 Å². The number of amides is 1. The average Bonchev–Trinajstić information content (AvgIpc) is 2.58. The molecule has 2 aliphatic heterocycles. The topological polar surface area (TPSA) is 32.8 Å². The van der Waals surface area contributed by atoms with Crippen molar-refractivity contribution < 1.29 is 13.9 Å². The van der Waals surface area contributed by atoms with Gasteiger partial charge in [0.25, 0.3) is 0 Å². The average molecular weight is 327 g/mol. The van der Waals surface area contributed by atoms with E-state index in [1.54, 1.807) is 12.1 Å². The van der Waals surface area contributed by atoms with Crippen molar-refractivity contribution in [3.8, 4) is 0 Å². The van der Waals surface area contributed by atoms with Gasteiger partial charge in [0.15, 0.2) is 0 Å². The monoisotopic (exact) mass is 326 g/mol. The Kier molecular flexibility index (Phi) is 4.84. The van der Waals surface area contributed by atoms with E-state index in [2.05, 4.69) is 4.90 Å². The normalized spacial score (nSPS) is 20.3. The molecule has 0 radical (unpaired) electrons. The molecule has 0 spiro atoms. The molecule has 1 aromatic rings. The lowest BCUT2D eigenvalue weighted by Crippen LogP contribution is -2.51. The van der Waals surface area contributed by atoms with E-state index in [0.717, 1.165) is 31.6 Å². The zero-order valence-corrected chi connectivity index (χ0v) is 13.2. The lowest BCUT2D eigenvalue weighted by molar-refractivity contribution is -0.138. The molecule has 0 N–H and O–H groups in total. The molecule has 0 saturated carbocycles. The summed E-state index contributed by atoms with van der Waals surface area (Å²) < 4.78 is 18.5. The van der Waals surface area contributed by atoms with Crippen LogP contribution >= 0.6 is 11.6 Å². The fraction of sp³-hybridized carbons (Fsp3) is 0.562. The van der Waals surface area contributed by atoms with Crippen molar-refractivity contribution in [3.63, 3.8) is 0 Å². The molecule has 0 aromatic heterocycles. The predicted molar refractivity (Wildman–Crippen MR) is 83.7 cm³/mol. The molecule has 2 saturated heterocycles. The Morgan fingerprint density at radius 3 is 2.50 bits per heavy atom. The van der Waals surface area contributed by atoms with E-state index >= 15 is 0 Å². The van der Waals surface area contributed by atoms with Crippen LogP contribution in [0.25, 0.3) is 0 Å². The minimum atomic E-state index is -0.404. The fourth-order valence-electron chi connectivity index (χ4n) is 3.07. The van der Waals surface area contributed by atoms with Crippen molar-refractivity contribution in [1.29, 1.82) is 0 Å². The molecule has 0 unspecified atom stereocenters. The second-order valence-electron chi connectivity index (χ2n) is 5.80. The van der Waals surface area contributed by atoms with Crippen LogP contribution in [0.2, 0.25) is 5.02 Å². The van der Waals surface area contributed by atoms with Gasteiger partial charge in [-0.15, -0.1) is 0 Å². The third-order valence-electron chi connectivity index (χ3n) is 4.43. The lowest BCUT2D eigenvalue weighted by Gasteiger charge is -2.38. The summed E-state index contributed by atoms with van der Waals surface area (Å²) in [7, 11) is 0. The molecule has 6 heteroatoms. The van der Waals surface area contributed by atoms with Crippen molar-refractivity contribution in [1.82, 2.24) is 4.90 Å². The van der Waals surface area contributed by atoms with Gasteiger partial charge < -0.3 is 14.5 Å². The summed E-state index contributed by atoms with van der Waals surface area (Å²) in [6.45, 7) is 4.26. The van der Waals surface area contributed by atoms with E-state index in [9.17, 15) is 9.18 Å². The number of benzene rings is 1. The molecule has 2 aliphatic rings. The number of hydrogen-bond donors (Lipinski definition) is 0. The van der Waals surface area contributed by atoms with E-state index < -0.39 is 5.82 Å². The van der Waals surface area contributed by atoms with E-state index in [0.29, 0.717) is 26.3 Å². The van der Waals surface area contributed by atoms with Crippen molar-refractivity contribution >= 4 is 23.2 Å². The first-order valence-electron chi connectivity index (χ1n) is 7.71. The zero-order valence-electron chi connectivity index (χ0n) is 12.4. The molecule has 4 nitrogen and oxygen atoms in total. The van der Waals surface area contributed by atoms with Gasteiger partial charge in [0.2, 0.25) is 5.91 Å². The number of rotatable bonds is 2. The summed E-state index contributed by atoms with van der Waals surface area (Å²) in [6.07, 6.45) is 1.65. The van der Waals surface area contributed by atoms with Gasteiger partial charge in [0.05, 0.1) is 5.02 Å². The lowest BCUT2D eigenvalue weighted by atomic mass is 9.98. The van der Waals surface area contributed by atoms with Crippen molar-refractivity contribution in [3.05, 3.63) is 29.0 Å². The summed E-state index contributed by atoms with van der Waals surface area (Å²) in [5.74, 6) is -0.0422. The summed E-state index contributed by atoms with van der Waals surface area (Å²) in [4.78, 5) is 16.6. The number of hydrogen-bond acceptors (Lipinski definition) is 3. The second-order valence-corrected chi connectivity index (χ2v) is 6.20. The maximum Gasteiger partial charge on any atom is 0.225 e. The highest BCUT2D eigenvalue weighted by molar-refractivity contribution is 6.31.